The van der Waals surface area contributed by atoms with Crippen LogP contribution in [0.5, 0.6) is 5.75 Å². The zero-order valence-corrected chi connectivity index (χ0v) is 10.5. The largest absolute Gasteiger partial charge is 0.497 e. The van der Waals surface area contributed by atoms with Crippen LogP contribution in [-0.2, 0) is 4.79 Å². The van der Waals surface area contributed by atoms with Gasteiger partial charge >= 0.3 is 11.8 Å². The minimum atomic E-state index is -3.41. The second-order valence-corrected chi connectivity index (χ2v) is 4.46. The van der Waals surface area contributed by atoms with E-state index in [1.807, 2.05) is 0 Å². The number of halogens is 2. The molecule has 104 valence electrons. The normalized spacial score (nSPS) is 20.6. The molecule has 0 bridgehead atoms. The third-order valence-corrected chi connectivity index (χ3v) is 3.32. The summed E-state index contributed by atoms with van der Waals surface area (Å²) in [5.41, 5.74) is 0.665. The second-order valence-electron chi connectivity index (χ2n) is 4.46. The molecule has 0 N–H and O–H groups in total. The summed E-state index contributed by atoms with van der Waals surface area (Å²) in [6.45, 7) is 0. The lowest BCUT2D eigenvalue weighted by Gasteiger charge is -2.45. The van der Waals surface area contributed by atoms with Crippen LogP contribution in [0.3, 0.4) is 0 Å². The van der Waals surface area contributed by atoms with Crippen molar-refractivity contribution in [2.45, 2.75) is 12.0 Å². The molecule has 4 nitrogen and oxygen atoms in total. The van der Waals surface area contributed by atoms with Gasteiger partial charge in [0.15, 0.2) is 0 Å². The van der Waals surface area contributed by atoms with E-state index in [9.17, 15) is 13.6 Å². The Morgan fingerprint density at radius 1 is 1.25 bits per heavy atom. The zero-order chi connectivity index (χ0) is 14.3. The number of nitrogens with zero attached hydrogens (tertiary/aromatic N) is 1. The van der Waals surface area contributed by atoms with Gasteiger partial charge in [-0.15, -0.1) is 0 Å². The topological polar surface area (TPSA) is 42.7 Å². The summed E-state index contributed by atoms with van der Waals surface area (Å²) in [5, 5.41) is 0. The minimum absolute atomic E-state index is 0.269. The van der Waals surface area contributed by atoms with Crippen LogP contribution in [0.4, 0.5) is 14.5 Å². The number of hydrogen-bond donors (Lipinski definition) is 0. The van der Waals surface area contributed by atoms with Crippen molar-refractivity contribution in [3.8, 4) is 5.75 Å². The number of anilines is 1. The molecule has 1 atom stereocenters. The second kappa shape index (κ2) is 4.33. The standard InChI is InChI=1S/C14H11F2NO3/c1-19-11-4-2-10(3-5-11)17-12(9-6-7-20-8-9)14(15,16)13(17)18/h2-8,12H,1H3. The summed E-state index contributed by atoms with van der Waals surface area (Å²) in [7, 11) is 1.51. The molecule has 0 aliphatic carbocycles. The van der Waals surface area contributed by atoms with Crippen molar-refractivity contribution in [2.24, 2.45) is 0 Å². The molecule has 2 heterocycles. The fraction of sp³-hybridized carbons (Fsp3) is 0.214. The Balaban J connectivity index is 1.97. The van der Waals surface area contributed by atoms with Gasteiger partial charge in [0.25, 0.3) is 0 Å². The first-order valence-corrected chi connectivity index (χ1v) is 5.93. The molecule has 1 aliphatic rings. The number of carbonyl (C=O) groups excluding carboxylic acids is 1. The van der Waals surface area contributed by atoms with E-state index in [0.29, 0.717) is 11.4 Å². The highest BCUT2D eigenvalue weighted by Crippen LogP contribution is 2.49. The van der Waals surface area contributed by atoms with Crippen molar-refractivity contribution < 1.29 is 22.7 Å². The molecule has 0 spiro atoms. The van der Waals surface area contributed by atoms with Crippen LogP contribution < -0.4 is 9.64 Å². The van der Waals surface area contributed by atoms with E-state index >= 15 is 0 Å². The maximum absolute atomic E-state index is 13.8. The fourth-order valence-corrected chi connectivity index (χ4v) is 2.29. The van der Waals surface area contributed by atoms with Crippen LogP contribution in [-0.4, -0.2) is 18.9 Å². The number of carbonyl (C=O) groups is 1. The maximum atomic E-state index is 13.8. The van der Waals surface area contributed by atoms with Gasteiger partial charge < -0.3 is 9.15 Å². The average Bonchev–Trinajstić information content (AvgIpc) is 2.97. The molecular weight excluding hydrogens is 268 g/mol. The highest BCUT2D eigenvalue weighted by molar-refractivity contribution is 6.07. The zero-order valence-electron chi connectivity index (χ0n) is 10.5. The van der Waals surface area contributed by atoms with E-state index in [0.717, 1.165) is 4.90 Å². The van der Waals surface area contributed by atoms with Crippen LogP contribution in [0, 0.1) is 0 Å². The van der Waals surface area contributed by atoms with Crippen LogP contribution >= 0.6 is 0 Å². The lowest BCUT2D eigenvalue weighted by Crippen LogP contribution is -2.64. The molecule has 0 radical (unpaired) electrons. The SMILES string of the molecule is COc1ccc(N2C(=O)C(F)(F)C2c2ccoc2)cc1. The summed E-state index contributed by atoms with van der Waals surface area (Å²) in [6.07, 6.45) is 2.53. The van der Waals surface area contributed by atoms with Crippen molar-refractivity contribution in [2.75, 3.05) is 12.0 Å². The molecule has 1 fully saturated rings. The van der Waals surface area contributed by atoms with Gasteiger partial charge in [0, 0.05) is 11.3 Å². The number of amides is 1. The molecule has 6 heteroatoms. The van der Waals surface area contributed by atoms with Gasteiger partial charge in [-0.1, -0.05) is 0 Å². The van der Waals surface area contributed by atoms with Crippen LogP contribution in [0.1, 0.15) is 11.6 Å². The van der Waals surface area contributed by atoms with Crippen LogP contribution in [0.2, 0.25) is 0 Å². The van der Waals surface area contributed by atoms with Crippen molar-refractivity contribution >= 4 is 11.6 Å². The number of rotatable bonds is 3. The van der Waals surface area contributed by atoms with Gasteiger partial charge in [0.1, 0.15) is 11.8 Å². The molecule has 20 heavy (non-hydrogen) atoms. The number of furan rings is 1. The van der Waals surface area contributed by atoms with E-state index in [1.165, 1.54) is 25.7 Å². The summed E-state index contributed by atoms with van der Waals surface area (Å²) in [5.74, 6) is -4.04. The Hall–Kier alpha value is -2.37. The number of methoxy groups -OCH3 is 1. The van der Waals surface area contributed by atoms with E-state index in [1.54, 1.807) is 24.3 Å². The first-order chi connectivity index (χ1) is 9.55. The van der Waals surface area contributed by atoms with Gasteiger partial charge in [-0.05, 0) is 30.3 Å². The fourth-order valence-electron chi connectivity index (χ4n) is 2.29. The quantitative estimate of drug-likeness (QED) is 0.811. The summed E-state index contributed by atoms with van der Waals surface area (Å²) < 4.78 is 37.4. The summed E-state index contributed by atoms with van der Waals surface area (Å²) in [4.78, 5) is 12.7. The van der Waals surface area contributed by atoms with Gasteiger partial charge in [-0.25, -0.2) is 0 Å². The van der Waals surface area contributed by atoms with Gasteiger partial charge in [-0.2, -0.15) is 8.78 Å². The van der Waals surface area contributed by atoms with Gasteiger partial charge in [0.2, 0.25) is 0 Å². The Kier molecular flexibility index (Phi) is 2.74. The molecule has 1 aliphatic heterocycles. The van der Waals surface area contributed by atoms with Crippen LogP contribution in [0.25, 0.3) is 0 Å². The Bertz CT molecular complexity index is 622. The number of β-lactam (4-membered cyclic amide) rings is 1. The molecule has 1 amide bonds. The highest BCUT2D eigenvalue weighted by atomic mass is 19.3. The third kappa shape index (κ3) is 1.68. The Morgan fingerprint density at radius 2 is 1.95 bits per heavy atom. The molecule has 1 unspecified atom stereocenters. The first kappa shape index (κ1) is 12.7. The lowest BCUT2D eigenvalue weighted by atomic mass is 9.90. The molecule has 3 rings (SSSR count). The van der Waals surface area contributed by atoms with Crippen molar-refractivity contribution in [1.82, 2.24) is 0 Å². The molecule has 1 saturated heterocycles. The monoisotopic (exact) mass is 279 g/mol. The Morgan fingerprint density at radius 3 is 2.50 bits per heavy atom. The molecule has 1 aromatic carbocycles. The molecular formula is C14H11F2NO3. The third-order valence-electron chi connectivity index (χ3n) is 3.32. The number of hydrogen-bond acceptors (Lipinski definition) is 3. The average molecular weight is 279 g/mol. The van der Waals surface area contributed by atoms with Gasteiger partial charge in [-0.3, -0.25) is 9.69 Å². The molecule has 1 aromatic heterocycles. The summed E-state index contributed by atoms with van der Waals surface area (Å²) >= 11 is 0. The van der Waals surface area contributed by atoms with E-state index in [-0.39, 0.29) is 5.56 Å². The minimum Gasteiger partial charge on any atom is -0.497 e. The van der Waals surface area contributed by atoms with E-state index in [2.05, 4.69) is 0 Å². The number of ether oxygens (including phenoxy) is 1. The predicted molar refractivity (Wildman–Crippen MR) is 66.9 cm³/mol. The maximum Gasteiger partial charge on any atom is 0.349 e. The Labute approximate surface area is 113 Å². The summed E-state index contributed by atoms with van der Waals surface area (Å²) in [6, 6.07) is 6.47. The van der Waals surface area contributed by atoms with Crippen LogP contribution in [0.15, 0.2) is 47.3 Å². The smallest absolute Gasteiger partial charge is 0.349 e. The lowest BCUT2D eigenvalue weighted by molar-refractivity contribution is -0.162. The number of benzene rings is 1. The highest BCUT2D eigenvalue weighted by Gasteiger charge is 2.64. The first-order valence-electron chi connectivity index (χ1n) is 5.93. The molecule has 0 saturated carbocycles. The predicted octanol–water partition coefficient (Wildman–Crippen LogP) is 3.01. The van der Waals surface area contributed by atoms with Crippen molar-refractivity contribution in [3.63, 3.8) is 0 Å². The van der Waals surface area contributed by atoms with E-state index < -0.39 is 17.9 Å². The van der Waals surface area contributed by atoms with Crippen molar-refractivity contribution in [1.29, 1.82) is 0 Å². The number of alkyl halides is 2. The van der Waals surface area contributed by atoms with Crippen molar-refractivity contribution in [3.05, 3.63) is 48.4 Å². The molecule has 2 aromatic rings. The van der Waals surface area contributed by atoms with E-state index in [4.69, 9.17) is 9.15 Å². The van der Waals surface area contributed by atoms with Gasteiger partial charge in [0.05, 0.1) is 19.6 Å².